The fraction of sp³-hybridized carbons (Fsp3) is 0.700. The second kappa shape index (κ2) is 2.71. The molecular weight excluding hydrogens is 180 g/mol. The molecule has 0 spiro atoms. The molecule has 1 N–H and O–H groups in total. The van der Waals surface area contributed by atoms with E-state index in [9.17, 15) is 0 Å². The fourth-order valence-corrected chi connectivity index (χ4v) is 2.58. The minimum absolute atomic E-state index is 0.734. The van der Waals surface area contributed by atoms with Crippen molar-refractivity contribution in [1.82, 2.24) is 4.98 Å². The highest BCUT2D eigenvalue weighted by Crippen LogP contribution is 2.43. The smallest absolute Gasteiger partial charge is 0.183 e. The SMILES string of the molecule is Cc1sc(NC2CC2)nc1C1CC1. The summed E-state index contributed by atoms with van der Waals surface area (Å²) in [4.78, 5) is 6.08. The predicted octanol–water partition coefficient (Wildman–Crippen LogP) is 2.90. The van der Waals surface area contributed by atoms with Crippen LogP contribution < -0.4 is 5.32 Å². The number of aryl methyl sites for hydroxylation is 1. The molecule has 2 saturated carbocycles. The van der Waals surface area contributed by atoms with Crippen molar-refractivity contribution in [2.45, 2.75) is 44.6 Å². The lowest BCUT2D eigenvalue weighted by Crippen LogP contribution is -1.99. The standard InChI is InChI=1S/C10H14N2S/c1-6-9(7-2-3-7)12-10(13-6)11-8-4-5-8/h7-8H,2-5H2,1H3,(H,11,12). The van der Waals surface area contributed by atoms with Gasteiger partial charge in [0.25, 0.3) is 0 Å². The first-order chi connectivity index (χ1) is 6.33. The molecule has 0 saturated heterocycles. The molecule has 0 aromatic carbocycles. The van der Waals surface area contributed by atoms with Gasteiger partial charge in [0.05, 0.1) is 5.69 Å². The van der Waals surface area contributed by atoms with Gasteiger partial charge < -0.3 is 5.32 Å². The summed E-state index contributed by atoms with van der Waals surface area (Å²) in [6, 6.07) is 0.734. The molecule has 1 aromatic heterocycles. The van der Waals surface area contributed by atoms with Gasteiger partial charge in [-0.2, -0.15) is 0 Å². The molecule has 0 radical (unpaired) electrons. The first-order valence-corrected chi connectivity index (χ1v) is 5.88. The van der Waals surface area contributed by atoms with E-state index in [0.717, 1.165) is 17.1 Å². The summed E-state index contributed by atoms with van der Waals surface area (Å²) in [5, 5.41) is 4.62. The number of anilines is 1. The fourth-order valence-electron chi connectivity index (χ4n) is 1.61. The zero-order valence-corrected chi connectivity index (χ0v) is 8.66. The van der Waals surface area contributed by atoms with Gasteiger partial charge in [-0.25, -0.2) is 4.98 Å². The number of rotatable bonds is 3. The van der Waals surface area contributed by atoms with Gasteiger partial charge in [0.2, 0.25) is 0 Å². The second-order valence-corrected chi connectivity index (χ2v) is 5.36. The molecule has 1 aromatic rings. The van der Waals surface area contributed by atoms with Crippen LogP contribution in [0.5, 0.6) is 0 Å². The Kier molecular flexibility index (Phi) is 1.62. The Morgan fingerprint density at radius 2 is 2.08 bits per heavy atom. The van der Waals surface area contributed by atoms with Gasteiger partial charge in [0.15, 0.2) is 5.13 Å². The largest absolute Gasteiger partial charge is 0.359 e. The number of aromatic nitrogens is 1. The minimum Gasteiger partial charge on any atom is -0.359 e. The van der Waals surface area contributed by atoms with Crippen LogP contribution in [0.3, 0.4) is 0 Å². The number of thiazole rings is 1. The van der Waals surface area contributed by atoms with Crippen LogP contribution in [0.4, 0.5) is 5.13 Å². The van der Waals surface area contributed by atoms with Gasteiger partial charge in [-0.3, -0.25) is 0 Å². The van der Waals surface area contributed by atoms with Crippen molar-refractivity contribution in [2.24, 2.45) is 0 Å². The lowest BCUT2D eigenvalue weighted by atomic mass is 10.3. The molecular formula is C10H14N2S. The molecule has 2 aliphatic carbocycles. The number of nitrogens with zero attached hydrogens (tertiary/aromatic N) is 1. The molecule has 1 heterocycles. The van der Waals surface area contributed by atoms with Crippen molar-refractivity contribution < 1.29 is 0 Å². The van der Waals surface area contributed by atoms with Gasteiger partial charge in [0.1, 0.15) is 0 Å². The molecule has 0 unspecified atom stereocenters. The molecule has 3 heteroatoms. The van der Waals surface area contributed by atoms with Gasteiger partial charge >= 0.3 is 0 Å². The average Bonchev–Trinajstić information content (AvgIpc) is 2.94. The summed E-state index contributed by atoms with van der Waals surface area (Å²) in [6.07, 6.45) is 5.37. The molecule has 0 atom stereocenters. The van der Waals surface area contributed by atoms with Crippen LogP contribution >= 0.6 is 11.3 Å². The van der Waals surface area contributed by atoms with E-state index < -0.39 is 0 Å². The van der Waals surface area contributed by atoms with Crippen LogP contribution in [0.25, 0.3) is 0 Å². The van der Waals surface area contributed by atoms with E-state index in [1.165, 1.54) is 36.3 Å². The Hall–Kier alpha value is -0.570. The minimum atomic E-state index is 0.734. The van der Waals surface area contributed by atoms with E-state index >= 15 is 0 Å². The summed E-state index contributed by atoms with van der Waals surface area (Å²) in [5.41, 5.74) is 1.37. The van der Waals surface area contributed by atoms with Gasteiger partial charge in [-0.1, -0.05) is 0 Å². The van der Waals surface area contributed by atoms with Crippen LogP contribution in [0.15, 0.2) is 0 Å². The molecule has 0 amide bonds. The van der Waals surface area contributed by atoms with Crippen molar-refractivity contribution in [3.05, 3.63) is 10.6 Å². The van der Waals surface area contributed by atoms with Crippen molar-refractivity contribution in [2.75, 3.05) is 5.32 Å². The Bertz CT molecular complexity index is 324. The zero-order chi connectivity index (χ0) is 8.84. The topological polar surface area (TPSA) is 24.9 Å². The van der Waals surface area contributed by atoms with E-state index in [4.69, 9.17) is 0 Å². The maximum atomic E-state index is 4.66. The summed E-state index contributed by atoms with van der Waals surface area (Å²) in [7, 11) is 0. The van der Waals surface area contributed by atoms with Gasteiger partial charge in [-0.05, 0) is 32.6 Å². The molecule has 0 aliphatic heterocycles. The lowest BCUT2D eigenvalue weighted by Gasteiger charge is -1.95. The van der Waals surface area contributed by atoms with E-state index in [-0.39, 0.29) is 0 Å². The summed E-state index contributed by atoms with van der Waals surface area (Å²) in [6.45, 7) is 2.20. The number of hydrogen-bond acceptors (Lipinski definition) is 3. The van der Waals surface area contributed by atoms with Crippen molar-refractivity contribution in [1.29, 1.82) is 0 Å². The molecule has 70 valence electrons. The third-order valence-electron chi connectivity index (χ3n) is 2.70. The molecule has 2 aliphatic rings. The highest BCUT2D eigenvalue weighted by Gasteiger charge is 2.29. The van der Waals surface area contributed by atoms with E-state index in [2.05, 4.69) is 17.2 Å². The van der Waals surface area contributed by atoms with Crippen LogP contribution in [-0.2, 0) is 0 Å². The molecule has 13 heavy (non-hydrogen) atoms. The van der Waals surface area contributed by atoms with E-state index in [1.807, 2.05) is 11.3 Å². The molecule has 2 nitrogen and oxygen atoms in total. The first-order valence-electron chi connectivity index (χ1n) is 5.07. The predicted molar refractivity (Wildman–Crippen MR) is 55.5 cm³/mol. The third kappa shape index (κ3) is 1.57. The van der Waals surface area contributed by atoms with Crippen LogP contribution in [-0.4, -0.2) is 11.0 Å². The third-order valence-corrected chi connectivity index (χ3v) is 3.62. The van der Waals surface area contributed by atoms with Crippen LogP contribution in [0, 0.1) is 6.92 Å². The molecule has 3 rings (SSSR count). The van der Waals surface area contributed by atoms with Crippen LogP contribution in [0.1, 0.15) is 42.2 Å². The summed E-state index contributed by atoms with van der Waals surface area (Å²) < 4.78 is 0. The number of hydrogen-bond donors (Lipinski definition) is 1. The van der Waals surface area contributed by atoms with Gasteiger partial charge in [-0.15, -0.1) is 11.3 Å². The Morgan fingerprint density at radius 1 is 1.31 bits per heavy atom. The summed E-state index contributed by atoms with van der Waals surface area (Å²) in [5.74, 6) is 0.797. The normalized spacial score (nSPS) is 21.9. The maximum Gasteiger partial charge on any atom is 0.183 e. The van der Waals surface area contributed by atoms with Gasteiger partial charge in [0, 0.05) is 16.8 Å². The highest BCUT2D eigenvalue weighted by molar-refractivity contribution is 7.15. The zero-order valence-electron chi connectivity index (χ0n) is 7.84. The Labute approximate surface area is 82.4 Å². The van der Waals surface area contributed by atoms with E-state index in [0.29, 0.717) is 0 Å². The maximum absolute atomic E-state index is 4.66. The highest BCUT2D eigenvalue weighted by atomic mass is 32.1. The summed E-state index contributed by atoms with van der Waals surface area (Å²) >= 11 is 1.83. The second-order valence-electron chi connectivity index (χ2n) is 4.15. The van der Waals surface area contributed by atoms with Crippen molar-refractivity contribution in [3.63, 3.8) is 0 Å². The van der Waals surface area contributed by atoms with Crippen molar-refractivity contribution >= 4 is 16.5 Å². The first kappa shape index (κ1) is 7.80. The monoisotopic (exact) mass is 194 g/mol. The van der Waals surface area contributed by atoms with E-state index in [1.54, 1.807) is 0 Å². The average molecular weight is 194 g/mol. The number of nitrogens with one attached hydrogen (secondary N) is 1. The lowest BCUT2D eigenvalue weighted by molar-refractivity contribution is 1.02. The molecule has 2 fully saturated rings. The van der Waals surface area contributed by atoms with Crippen LogP contribution in [0.2, 0.25) is 0 Å². The quantitative estimate of drug-likeness (QED) is 0.800. The van der Waals surface area contributed by atoms with Crippen molar-refractivity contribution in [3.8, 4) is 0 Å². The Balaban J connectivity index is 1.80. The Morgan fingerprint density at radius 3 is 2.69 bits per heavy atom. The molecule has 0 bridgehead atoms.